The van der Waals surface area contributed by atoms with Crippen LogP contribution in [0.15, 0.2) is 170 Å². The number of ether oxygens (including phenoxy) is 8. The molecule has 0 fully saturated rings. The van der Waals surface area contributed by atoms with Crippen LogP contribution in [0.2, 0.25) is 0 Å². The van der Waals surface area contributed by atoms with Crippen molar-refractivity contribution in [2.24, 2.45) is 0 Å². The summed E-state index contributed by atoms with van der Waals surface area (Å²) in [6.07, 6.45) is 1.64. The van der Waals surface area contributed by atoms with Crippen LogP contribution in [0.1, 0.15) is 105 Å². The summed E-state index contributed by atoms with van der Waals surface area (Å²) in [5.74, 6) is -5.99. The Morgan fingerprint density at radius 3 is 0.778 bits per heavy atom. The molecule has 0 saturated carbocycles. The van der Waals surface area contributed by atoms with Crippen molar-refractivity contribution in [2.75, 3.05) is 78.9 Å². The largest absolute Gasteiger partial charge is 0.462 e. The summed E-state index contributed by atoms with van der Waals surface area (Å²) in [5, 5.41) is 12.5. The second-order valence-electron chi connectivity index (χ2n) is 26.0. The van der Waals surface area contributed by atoms with E-state index in [4.69, 9.17) is 37.9 Å². The fourth-order valence-electron chi connectivity index (χ4n) is 12.6. The van der Waals surface area contributed by atoms with Crippen molar-refractivity contribution in [3.8, 4) is 46.0 Å². The third-order valence-corrected chi connectivity index (χ3v) is 18.0. The normalized spacial score (nSPS) is 12.3. The van der Waals surface area contributed by atoms with Crippen LogP contribution in [0.3, 0.4) is 0 Å². The number of imide groups is 2. The fourth-order valence-corrected chi connectivity index (χ4v) is 12.6. The molecule has 2 aliphatic rings. The molecular weight excluding hydrogens is 1380 g/mol. The van der Waals surface area contributed by atoms with Gasteiger partial charge in [0.1, 0.15) is 72.3 Å². The van der Waals surface area contributed by atoms with Gasteiger partial charge in [-0.3, -0.25) is 57.7 Å². The van der Waals surface area contributed by atoms with Crippen LogP contribution in [0.4, 0.5) is 0 Å². The molecule has 11 rings (SSSR count). The van der Waals surface area contributed by atoms with E-state index in [2.05, 4.69) is 47.6 Å². The minimum absolute atomic E-state index is 0.0425. The van der Waals surface area contributed by atoms with E-state index in [1.54, 1.807) is 139 Å². The summed E-state index contributed by atoms with van der Waals surface area (Å²) >= 11 is 0. The highest BCUT2D eigenvalue weighted by molar-refractivity contribution is 6.45. The molecule has 24 heteroatoms. The van der Waals surface area contributed by atoms with E-state index in [1.165, 1.54) is 24.3 Å². The van der Waals surface area contributed by atoms with Crippen LogP contribution in [0.25, 0.3) is 43.1 Å². The number of carbonyl (C=O) groups is 10. The van der Waals surface area contributed by atoms with Gasteiger partial charge in [-0.05, 0) is 162 Å². The zero-order chi connectivity index (χ0) is 77.0. The predicted octanol–water partition coefficient (Wildman–Crippen LogP) is 12.2. The lowest BCUT2D eigenvalue weighted by atomic mass is 9.80. The molecule has 556 valence electrons. The number of carbonyl (C=O) groups excluding carboxylic acids is 10. The predicted molar refractivity (Wildman–Crippen MR) is 405 cm³/mol. The molecule has 0 atom stereocenters. The molecule has 2 heterocycles. The van der Waals surface area contributed by atoms with E-state index in [-0.39, 0.29) is 188 Å². The molecule has 0 spiro atoms. The molecule has 0 aliphatic carbocycles. The molecule has 0 aromatic heterocycles. The number of benzene rings is 9. The first-order valence-electron chi connectivity index (χ1n) is 35.3. The second-order valence-corrected chi connectivity index (χ2v) is 26.0. The Bertz CT molecular complexity index is 4520. The summed E-state index contributed by atoms with van der Waals surface area (Å²) in [4.78, 5) is 142. The number of esters is 2. The summed E-state index contributed by atoms with van der Waals surface area (Å²) in [6.45, 7) is 24.8. The maximum absolute atomic E-state index is 15.7. The van der Waals surface area contributed by atoms with Crippen molar-refractivity contribution < 1.29 is 85.8 Å². The van der Waals surface area contributed by atoms with Gasteiger partial charge in [0.2, 0.25) is 23.6 Å². The number of rotatable bonds is 36. The second kappa shape index (κ2) is 34.1. The zero-order valence-corrected chi connectivity index (χ0v) is 60.9. The van der Waals surface area contributed by atoms with Gasteiger partial charge in [-0.2, -0.15) is 0 Å². The molecule has 2 aliphatic heterocycles. The number of hydrogen-bond donors (Lipinski definition) is 4. The molecule has 9 aromatic carbocycles. The van der Waals surface area contributed by atoms with Gasteiger partial charge in [0.05, 0.1) is 35.5 Å². The lowest BCUT2D eigenvalue weighted by Gasteiger charge is -2.32. The van der Waals surface area contributed by atoms with E-state index >= 15 is 19.2 Å². The number of hydrogen-bond acceptors (Lipinski definition) is 18. The molecular formula is C84H82N6O18. The Kier molecular flexibility index (Phi) is 24.2. The standard InChI is InChI=1S/C84H82N6O18/c1-11-101-37-39-103-67(91)45-89-81(97)59-41-63(105-55-21-13-51(14-22-55)29-33-85-77(93)47(3)4)71-73-65(107-57-25-17-53(18-26-57)31-35-87-79(95)49(7)8)43-61-70-62(84(100)90(83(61)99)46-68(92)104-40-38-102-12-2)44-66(108-58-27-19-54(20-28-58)32-36-88-80(96)50(9)10)74(76(70)73)72-64(42-60(82(89)98)69(59)75(71)72)106-56-23-15-52(16-24-56)30-34-86-78(94)48(5)6/h13-28,41-44H,3,5,7,9,11-12,29-40,45-46H2,1-2,4,6,8,10H3,(H,85,93)(H,86,94)(H,87,95)(H,88,96). The lowest BCUT2D eigenvalue weighted by molar-refractivity contribution is -0.146. The summed E-state index contributed by atoms with van der Waals surface area (Å²) in [5.41, 5.74) is 4.13. The van der Waals surface area contributed by atoms with Crippen LogP contribution < -0.4 is 40.2 Å². The highest BCUT2D eigenvalue weighted by atomic mass is 16.6. The van der Waals surface area contributed by atoms with E-state index < -0.39 is 48.7 Å². The maximum atomic E-state index is 15.7. The molecule has 4 N–H and O–H groups in total. The fraction of sp³-hybridized carbons (Fsp3) is 0.262. The first-order valence-corrected chi connectivity index (χ1v) is 35.3. The van der Waals surface area contributed by atoms with Crippen molar-refractivity contribution in [3.05, 3.63) is 214 Å². The monoisotopic (exact) mass is 1460 g/mol. The Balaban J connectivity index is 1.23. The van der Waals surface area contributed by atoms with E-state index in [0.29, 0.717) is 61.2 Å². The molecule has 0 bridgehead atoms. The highest BCUT2D eigenvalue weighted by Crippen LogP contribution is 2.58. The van der Waals surface area contributed by atoms with Gasteiger partial charge in [-0.15, -0.1) is 0 Å². The van der Waals surface area contributed by atoms with Crippen molar-refractivity contribution in [2.45, 2.75) is 67.2 Å². The van der Waals surface area contributed by atoms with Crippen molar-refractivity contribution in [1.29, 1.82) is 0 Å². The van der Waals surface area contributed by atoms with Gasteiger partial charge in [-0.1, -0.05) is 74.8 Å². The third kappa shape index (κ3) is 17.2. The molecule has 108 heavy (non-hydrogen) atoms. The van der Waals surface area contributed by atoms with Gasteiger partial charge in [0.25, 0.3) is 23.6 Å². The van der Waals surface area contributed by atoms with Crippen LogP contribution in [-0.4, -0.2) is 148 Å². The highest BCUT2D eigenvalue weighted by Gasteiger charge is 2.43. The van der Waals surface area contributed by atoms with Crippen LogP contribution in [0, 0.1) is 0 Å². The number of nitrogens with zero attached hydrogens (tertiary/aromatic N) is 2. The maximum Gasteiger partial charge on any atom is 0.326 e. The lowest BCUT2D eigenvalue weighted by Crippen LogP contribution is -2.44. The third-order valence-electron chi connectivity index (χ3n) is 18.0. The van der Waals surface area contributed by atoms with Gasteiger partial charge in [0.15, 0.2) is 0 Å². The minimum atomic E-state index is -0.916. The van der Waals surface area contributed by atoms with Crippen molar-refractivity contribution in [3.63, 3.8) is 0 Å². The van der Waals surface area contributed by atoms with Gasteiger partial charge >= 0.3 is 11.9 Å². The number of nitrogens with one attached hydrogen (secondary N) is 4. The average molecular weight is 1460 g/mol. The molecule has 24 nitrogen and oxygen atoms in total. The zero-order valence-electron chi connectivity index (χ0n) is 60.9. The SMILES string of the molecule is C=C(C)C(=O)NCCc1ccc(Oc2cc3c4c(cc(Oc5ccc(CCNC(=O)C(=C)C)cc5)c5c6c(Oc7ccc(CCNC(=O)C(=C)C)cc7)cc7c8c(cc(Oc9ccc(CCNC(=O)C(=C)C)cc9)c(c2c45)c86)C(=O)N(CC(=O)OCCOCC)C7=O)C(=O)N(CC(=O)OCCOCC)C3=O)cc1. The first kappa shape index (κ1) is 76.6. The molecule has 0 saturated heterocycles. The van der Waals surface area contributed by atoms with Crippen molar-refractivity contribution in [1.82, 2.24) is 31.1 Å². The summed E-state index contributed by atoms with van der Waals surface area (Å²) in [7, 11) is 0. The van der Waals surface area contributed by atoms with Crippen LogP contribution >= 0.6 is 0 Å². The molecule has 0 radical (unpaired) electrons. The molecule has 9 aromatic rings. The first-order chi connectivity index (χ1) is 51.9. The number of fused-ring (bicyclic) bond motifs is 2. The van der Waals surface area contributed by atoms with E-state index in [9.17, 15) is 28.8 Å². The minimum Gasteiger partial charge on any atom is -0.462 e. The van der Waals surface area contributed by atoms with Crippen LogP contribution in [-0.2, 0) is 73.4 Å². The van der Waals surface area contributed by atoms with E-state index in [1.807, 2.05) is 0 Å². The smallest absolute Gasteiger partial charge is 0.326 e. The Morgan fingerprint density at radius 1 is 0.333 bits per heavy atom. The molecule has 0 unspecified atom stereocenters. The Labute approximate surface area is 622 Å². The summed E-state index contributed by atoms with van der Waals surface area (Å²) in [6, 6.07) is 33.7. The number of amides is 8. The Morgan fingerprint density at radius 2 is 0.565 bits per heavy atom. The molecule has 8 amide bonds. The quantitative estimate of drug-likeness (QED) is 0.00708. The van der Waals surface area contributed by atoms with Crippen LogP contribution in [0.5, 0.6) is 46.0 Å². The van der Waals surface area contributed by atoms with Gasteiger partial charge in [-0.25, -0.2) is 0 Å². The van der Waals surface area contributed by atoms with Gasteiger partial charge in [0, 0.05) is 105 Å². The average Bonchev–Trinajstić information content (AvgIpc) is 0.672. The Hall–Kier alpha value is -12.5. The van der Waals surface area contributed by atoms with Gasteiger partial charge < -0.3 is 59.2 Å². The topological polar surface area (TPSA) is 299 Å². The van der Waals surface area contributed by atoms with Crippen molar-refractivity contribution >= 4 is 102 Å². The van der Waals surface area contributed by atoms with E-state index in [0.717, 1.165) is 32.1 Å². The summed E-state index contributed by atoms with van der Waals surface area (Å²) < 4.78 is 50.4.